The molecule has 100 valence electrons. The van der Waals surface area contributed by atoms with E-state index in [4.69, 9.17) is 5.73 Å². The third kappa shape index (κ3) is 3.08. The number of nitrogens with two attached hydrogens (primary N) is 1. The summed E-state index contributed by atoms with van der Waals surface area (Å²) in [6.45, 7) is 0. The predicted molar refractivity (Wildman–Crippen MR) is 61.7 cm³/mol. The lowest BCUT2D eigenvalue weighted by Crippen LogP contribution is -2.14. The van der Waals surface area contributed by atoms with Crippen LogP contribution in [0.2, 0.25) is 0 Å². The van der Waals surface area contributed by atoms with E-state index in [0.717, 1.165) is 24.4 Å². The van der Waals surface area contributed by atoms with Crippen LogP contribution in [0.25, 0.3) is 0 Å². The summed E-state index contributed by atoms with van der Waals surface area (Å²) >= 11 is 0. The highest BCUT2D eigenvalue weighted by Crippen LogP contribution is 2.31. The molecule has 6 heteroatoms. The minimum absolute atomic E-state index is 0.252. The van der Waals surface area contributed by atoms with Gasteiger partial charge in [0.15, 0.2) is 0 Å². The quantitative estimate of drug-likeness (QED) is 0.850. The van der Waals surface area contributed by atoms with Gasteiger partial charge in [0, 0.05) is 6.20 Å². The third-order valence-electron chi connectivity index (χ3n) is 2.66. The maximum atomic E-state index is 13.0. The van der Waals surface area contributed by atoms with Gasteiger partial charge in [-0.3, -0.25) is 4.98 Å². The summed E-state index contributed by atoms with van der Waals surface area (Å²) in [4.78, 5) is 3.62. The fourth-order valence-corrected chi connectivity index (χ4v) is 1.70. The summed E-state index contributed by atoms with van der Waals surface area (Å²) in [5.41, 5.74) is 5.61. The molecule has 2 rings (SSSR count). The van der Waals surface area contributed by atoms with Gasteiger partial charge in [-0.1, -0.05) is 12.1 Å². The van der Waals surface area contributed by atoms with Gasteiger partial charge in [-0.05, 0) is 29.3 Å². The maximum absolute atomic E-state index is 13.0. The zero-order valence-electron chi connectivity index (χ0n) is 9.66. The monoisotopic (exact) mass is 270 g/mol. The summed E-state index contributed by atoms with van der Waals surface area (Å²) in [5.74, 6) is -0.583. The van der Waals surface area contributed by atoms with Gasteiger partial charge in [-0.2, -0.15) is 13.2 Å². The Morgan fingerprint density at radius 1 is 1.05 bits per heavy atom. The van der Waals surface area contributed by atoms with Gasteiger partial charge < -0.3 is 5.73 Å². The third-order valence-corrected chi connectivity index (χ3v) is 2.66. The van der Waals surface area contributed by atoms with Gasteiger partial charge in [-0.25, -0.2) is 4.39 Å². The summed E-state index contributed by atoms with van der Waals surface area (Å²) in [6.07, 6.45) is -2.10. The van der Waals surface area contributed by atoms with Gasteiger partial charge >= 0.3 is 6.18 Å². The zero-order chi connectivity index (χ0) is 14.0. The molecule has 2 N–H and O–H groups in total. The van der Waals surface area contributed by atoms with E-state index in [1.165, 1.54) is 18.3 Å². The fraction of sp³-hybridized carbons (Fsp3) is 0.154. The van der Waals surface area contributed by atoms with E-state index in [2.05, 4.69) is 4.98 Å². The smallest absolute Gasteiger partial charge is 0.320 e. The second kappa shape index (κ2) is 4.97. The summed E-state index contributed by atoms with van der Waals surface area (Å²) in [5, 5.41) is 0. The SMILES string of the molecule is NC(c1cncc(F)c1)c1cccc(C(F)(F)F)c1. The lowest BCUT2D eigenvalue weighted by atomic mass is 9.99. The van der Waals surface area contributed by atoms with Gasteiger partial charge in [0.2, 0.25) is 0 Å². The first-order chi connectivity index (χ1) is 8.88. The highest BCUT2D eigenvalue weighted by atomic mass is 19.4. The first-order valence-corrected chi connectivity index (χ1v) is 5.41. The minimum atomic E-state index is -4.43. The standard InChI is InChI=1S/C13H10F4N2/c14-11-5-9(6-19-7-11)12(18)8-2-1-3-10(4-8)13(15,16)17/h1-7,12H,18H2. The summed E-state index contributed by atoms with van der Waals surface area (Å²) in [6, 6.07) is 4.94. The molecule has 2 aromatic rings. The van der Waals surface area contributed by atoms with E-state index in [1.807, 2.05) is 0 Å². The number of nitrogens with zero attached hydrogens (tertiary/aromatic N) is 1. The Bertz CT molecular complexity index is 581. The number of alkyl halides is 3. The van der Waals surface area contributed by atoms with Crippen molar-refractivity contribution in [1.82, 2.24) is 4.98 Å². The average Bonchev–Trinajstić information content (AvgIpc) is 2.37. The number of aromatic nitrogens is 1. The van der Waals surface area contributed by atoms with Gasteiger partial charge in [0.05, 0.1) is 17.8 Å². The van der Waals surface area contributed by atoms with Gasteiger partial charge in [0.25, 0.3) is 0 Å². The summed E-state index contributed by atoms with van der Waals surface area (Å²) < 4.78 is 50.8. The molecule has 1 unspecified atom stereocenters. The number of pyridine rings is 1. The van der Waals surface area contributed by atoms with Crippen LogP contribution in [0.15, 0.2) is 42.7 Å². The molecule has 0 aliphatic rings. The molecule has 19 heavy (non-hydrogen) atoms. The number of halogens is 4. The second-order valence-corrected chi connectivity index (χ2v) is 4.04. The molecule has 0 saturated heterocycles. The van der Waals surface area contributed by atoms with E-state index in [-0.39, 0.29) is 5.56 Å². The number of benzene rings is 1. The Hall–Kier alpha value is -1.95. The lowest BCUT2D eigenvalue weighted by molar-refractivity contribution is -0.137. The lowest BCUT2D eigenvalue weighted by Gasteiger charge is -2.14. The van der Waals surface area contributed by atoms with Crippen LogP contribution in [0.4, 0.5) is 17.6 Å². The number of hydrogen-bond acceptors (Lipinski definition) is 2. The molecule has 0 amide bonds. The van der Waals surface area contributed by atoms with Crippen molar-refractivity contribution >= 4 is 0 Å². The molecule has 1 atom stereocenters. The van der Waals surface area contributed by atoms with Crippen LogP contribution in [0.5, 0.6) is 0 Å². The minimum Gasteiger partial charge on any atom is -0.320 e. The molecule has 0 saturated carbocycles. The Labute approximate surface area is 106 Å². The van der Waals surface area contributed by atoms with E-state index in [9.17, 15) is 17.6 Å². The Kier molecular flexibility index (Phi) is 3.53. The second-order valence-electron chi connectivity index (χ2n) is 4.04. The van der Waals surface area contributed by atoms with Crippen molar-refractivity contribution in [1.29, 1.82) is 0 Å². The molecule has 2 nitrogen and oxygen atoms in total. The van der Waals surface area contributed by atoms with Crippen LogP contribution in [0.3, 0.4) is 0 Å². The van der Waals surface area contributed by atoms with E-state index in [0.29, 0.717) is 5.56 Å². The van der Waals surface area contributed by atoms with E-state index in [1.54, 1.807) is 0 Å². The molecular weight excluding hydrogens is 260 g/mol. The highest BCUT2D eigenvalue weighted by molar-refractivity contribution is 5.33. The largest absolute Gasteiger partial charge is 0.416 e. The highest BCUT2D eigenvalue weighted by Gasteiger charge is 2.30. The van der Waals surface area contributed by atoms with Crippen LogP contribution in [0.1, 0.15) is 22.7 Å². The molecular formula is C13H10F4N2. The molecule has 1 heterocycles. The van der Waals surface area contributed by atoms with Crippen LogP contribution >= 0.6 is 0 Å². The summed E-state index contributed by atoms with van der Waals surface area (Å²) in [7, 11) is 0. The molecule has 0 aliphatic carbocycles. The fourth-order valence-electron chi connectivity index (χ4n) is 1.70. The number of rotatable bonds is 2. The van der Waals surface area contributed by atoms with Crippen molar-refractivity contribution in [2.75, 3.05) is 0 Å². The van der Waals surface area contributed by atoms with Crippen molar-refractivity contribution in [3.8, 4) is 0 Å². The Morgan fingerprint density at radius 3 is 2.42 bits per heavy atom. The molecule has 1 aromatic carbocycles. The van der Waals surface area contributed by atoms with Crippen molar-refractivity contribution < 1.29 is 17.6 Å². The predicted octanol–water partition coefficient (Wildman–Crippen LogP) is 3.29. The zero-order valence-corrected chi connectivity index (χ0v) is 9.66. The average molecular weight is 270 g/mol. The number of hydrogen-bond donors (Lipinski definition) is 1. The van der Waals surface area contributed by atoms with Gasteiger partial charge in [-0.15, -0.1) is 0 Å². The van der Waals surface area contributed by atoms with Crippen LogP contribution < -0.4 is 5.73 Å². The molecule has 0 bridgehead atoms. The van der Waals surface area contributed by atoms with Crippen LogP contribution in [-0.4, -0.2) is 4.98 Å². The van der Waals surface area contributed by atoms with E-state index >= 15 is 0 Å². The normalized spacial score (nSPS) is 13.3. The van der Waals surface area contributed by atoms with Crippen molar-refractivity contribution in [3.63, 3.8) is 0 Å². The molecule has 0 fully saturated rings. The van der Waals surface area contributed by atoms with Crippen LogP contribution in [-0.2, 0) is 6.18 Å². The molecule has 0 radical (unpaired) electrons. The molecule has 1 aromatic heterocycles. The molecule has 0 spiro atoms. The Balaban J connectivity index is 2.37. The van der Waals surface area contributed by atoms with E-state index < -0.39 is 23.6 Å². The van der Waals surface area contributed by atoms with Crippen LogP contribution in [0, 0.1) is 5.82 Å². The first kappa shape index (κ1) is 13.5. The van der Waals surface area contributed by atoms with Crippen molar-refractivity contribution in [2.45, 2.75) is 12.2 Å². The Morgan fingerprint density at radius 2 is 1.79 bits per heavy atom. The van der Waals surface area contributed by atoms with Gasteiger partial charge in [0.1, 0.15) is 5.82 Å². The topological polar surface area (TPSA) is 38.9 Å². The van der Waals surface area contributed by atoms with Crippen molar-refractivity contribution in [2.24, 2.45) is 5.73 Å². The molecule has 0 aliphatic heterocycles. The first-order valence-electron chi connectivity index (χ1n) is 5.41. The maximum Gasteiger partial charge on any atom is 0.416 e. The van der Waals surface area contributed by atoms with Crippen molar-refractivity contribution in [3.05, 3.63) is 65.2 Å².